The summed E-state index contributed by atoms with van der Waals surface area (Å²) in [5.41, 5.74) is 2.40. The number of ketones is 1. The molecule has 0 amide bonds. The van der Waals surface area contributed by atoms with Crippen LogP contribution in [0.1, 0.15) is 33.3 Å². The fourth-order valence-corrected chi connectivity index (χ4v) is 2.59. The number of aryl methyl sites for hydroxylation is 1. The summed E-state index contributed by atoms with van der Waals surface area (Å²) in [5, 5.41) is 0.715. The second-order valence-electron chi connectivity index (χ2n) is 5.61. The number of Topliss-reactive ketones (excluding diaryl/α,β-unsaturated/α-hetero) is 1. The third kappa shape index (κ3) is 3.18. The number of pyridine rings is 1. The van der Waals surface area contributed by atoms with E-state index in [1.165, 1.54) is 0 Å². The molecule has 0 unspecified atom stereocenters. The van der Waals surface area contributed by atoms with Gasteiger partial charge in [0.25, 0.3) is 0 Å². The lowest BCUT2D eigenvalue weighted by molar-refractivity contribution is 0.0320. The van der Waals surface area contributed by atoms with Gasteiger partial charge < -0.3 is 4.74 Å². The Kier molecular flexibility index (Phi) is 4.38. The molecule has 4 heteroatoms. The number of hydrogen-bond donors (Lipinski definition) is 0. The highest BCUT2D eigenvalue weighted by molar-refractivity contribution is 6.06. The number of para-hydroxylation sites is 1. The van der Waals surface area contributed by atoms with Gasteiger partial charge in [-0.15, -0.1) is 0 Å². The Bertz CT molecular complexity index is 903. The van der Waals surface area contributed by atoms with Crippen molar-refractivity contribution in [3.05, 3.63) is 77.5 Å². The summed E-state index contributed by atoms with van der Waals surface area (Å²) in [6, 6.07) is 17.9. The zero-order chi connectivity index (χ0) is 17.1. The number of aromatic nitrogens is 1. The summed E-state index contributed by atoms with van der Waals surface area (Å²) in [5.74, 6) is -0.743. The largest absolute Gasteiger partial charge is 0.451 e. The number of ether oxygens (including phenoxy) is 1. The SMILES string of the molecule is Cc1cc(C(=O)O[C@H](C)C(=O)c2ccccc2)c2ccccc2n1. The van der Waals surface area contributed by atoms with Crippen LogP contribution in [0.2, 0.25) is 0 Å². The lowest BCUT2D eigenvalue weighted by Crippen LogP contribution is -2.24. The average molecular weight is 319 g/mol. The average Bonchev–Trinajstić information content (AvgIpc) is 2.60. The Hall–Kier alpha value is -3.01. The van der Waals surface area contributed by atoms with Crippen LogP contribution >= 0.6 is 0 Å². The molecule has 0 N–H and O–H groups in total. The standard InChI is InChI=1S/C20H17NO3/c1-13-12-17(16-10-6-7-11-18(16)21-13)20(23)24-14(2)19(22)15-8-4-3-5-9-15/h3-12,14H,1-2H3/t14-/m1/s1. The van der Waals surface area contributed by atoms with Gasteiger partial charge in [-0.2, -0.15) is 0 Å². The van der Waals surface area contributed by atoms with Gasteiger partial charge in [0.2, 0.25) is 5.78 Å². The first-order valence-electron chi connectivity index (χ1n) is 7.73. The molecule has 0 aliphatic heterocycles. The van der Waals surface area contributed by atoms with Gasteiger partial charge in [0, 0.05) is 16.6 Å². The third-order valence-corrected chi connectivity index (χ3v) is 3.78. The van der Waals surface area contributed by atoms with Crippen LogP contribution in [0.3, 0.4) is 0 Å². The summed E-state index contributed by atoms with van der Waals surface area (Å²) in [6.45, 7) is 3.41. The lowest BCUT2D eigenvalue weighted by Gasteiger charge is -2.13. The molecule has 0 saturated heterocycles. The first-order valence-corrected chi connectivity index (χ1v) is 7.73. The highest BCUT2D eigenvalue weighted by atomic mass is 16.5. The van der Waals surface area contributed by atoms with Crippen molar-refractivity contribution in [1.29, 1.82) is 0 Å². The maximum atomic E-state index is 12.6. The molecular weight excluding hydrogens is 302 g/mol. The Morgan fingerprint density at radius 3 is 2.42 bits per heavy atom. The first-order chi connectivity index (χ1) is 11.6. The minimum atomic E-state index is -0.855. The van der Waals surface area contributed by atoms with E-state index < -0.39 is 12.1 Å². The van der Waals surface area contributed by atoms with Crippen molar-refractivity contribution in [1.82, 2.24) is 4.98 Å². The summed E-state index contributed by atoms with van der Waals surface area (Å²) < 4.78 is 5.40. The fraction of sp³-hybridized carbons (Fsp3) is 0.150. The summed E-state index contributed by atoms with van der Waals surface area (Å²) in [7, 11) is 0. The van der Waals surface area contributed by atoms with Gasteiger partial charge in [-0.1, -0.05) is 48.5 Å². The molecule has 1 heterocycles. The molecule has 1 aromatic heterocycles. The predicted octanol–water partition coefficient (Wildman–Crippen LogP) is 3.97. The number of rotatable bonds is 4. The molecular formula is C20H17NO3. The van der Waals surface area contributed by atoms with Gasteiger partial charge in [-0.3, -0.25) is 9.78 Å². The number of benzene rings is 2. The maximum Gasteiger partial charge on any atom is 0.339 e. The number of hydrogen-bond acceptors (Lipinski definition) is 4. The van der Waals surface area contributed by atoms with Gasteiger partial charge in [0.15, 0.2) is 6.10 Å². The quantitative estimate of drug-likeness (QED) is 0.539. The van der Waals surface area contributed by atoms with Gasteiger partial charge in [0.05, 0.1) is 11.1 Å². The van der Waals surface area contributed by atoms with E-state index in [-0.39, 0.29) is 5.78 Å². The van der Waals surface area contributed by atoms with E-state index in [0.29, 0.717) is 16.5 Å². The molecule has 0 aliphatic carbocycles. The highest BCUT2D eigenvalue weighted by Gasteiger charge is 2.21. The molecule has 0 spiro atoms. The smallest absolute Gasteiger partial charge is 0.339 e. The number of fused-ring (bicyclic) bond motifs is 1. The molecule has 3 rings (SSSR count). The zero-order valence-electron chi connectivity index (χ0n) is 13.5. The van der Waals surface area contributed by atoms with Gasteiger partial charge >= 0.3 is 5.97 Å². The molecule has 0 radical (unpaired) electrons. The highest BCUT2D eigenvalue weighted by Crippen LogP contribution is 2.20. The van der Waals surface area contributed by atoms with Crippen molar-refractivity contribution in [2.75, 3.05) is 0 Å². The Balaban J connectivity index is 1.86. The molecule has 24 heavy (non-hydrogen) atoms. The molecule has 0 bridgehead atoms. The molecule has 3 aromatic rings. The van der Waals surface area contributed by atoms with E-state index in [4.69, 9.17) is 4.74 Å². The van der Waals surface area contributed by atoms with Crippen molar-refractivity contribution >= 4 is 22.7 Å². The molecule has 0 fully saturated rings. The second kappa shape index (κ2) is 6.62. The van der Waals surface area contributed by atoms with Crippen LogP contribution in [0.5, 0.6) is 0 Å². The summed E-state index contributed by atoms with van der Waals surface area (Å²) in [4.78, 5) is 29.3. The Labute approximate surface area is 140 Å². The van der Waals surface area contributed by atoms with Crippen molar-refractivity contribution in [2.24, 2.45) is 0 Å². The minimum Gasteiger partial charge on any atom is -0.451 e. The monoisotopic (exact) mass is 319 g/mol. The van der Waals surface area contributed by atoms with Crippen LogP contribution < -0.4 is 0 Å². The molecule has 2 aromatic carbocycles. The number of esters is 1. The Morgan fingerprint density at radius 2 is 1.67 bits per heavy atom. The van der Waals surface area contributed by atoms with E-state index in [2.05, 4.69) is 4.98 Å². The number of carbonyl (C=O) groups is 2. The third-order valence-electron chi connectivity index (χ3n) is 3.78. The summed E-state index contributed by atoms with van der Waals surface area (Å²) >= 11 is 0. The lowest BCUT2D eigenvalue weighted by atomic mass is 10.1. The number of nitrogens with zero attached hydrogens (tertiary/aromatic N) is 1. The number of carbonyl (C=O) groups excluding carboxylic acids is 2. The normalized spacial score (nSPS) is 11.9. The van der Waals surface area contributed by atoms with Crippen molar-refractivity contribution in [3.8, 4) is 0 Å². The van der Waals surface area contributed by atoms with Gasteiger partial charge in [-0.05, 0) is 26.0 Å². The van der Waals surface area contributed by atoms with Crippen molar-refractivity contribution < 1.29 is 14.3 Å². The topological polar surface area (TPSA) is 56.3 Å². The van der Waals surface area contributed by atoms with Crippen LogP contribution in [0.25, 0.3) is 10.9 Å². The molecule has 0 saturated carbocycles. The Morgan fingerprint density at radius 1 is 1.00 bits per heavy atom. The second-order valence-corrected chi connectivity index (χ2v) is 5.61. The van der Waals surface area contributed by atoms with Gasteiger partial charge in [0.1, 0.15) is 0 Å². The van der Waals surface area contributed by atoms with Crippen LogP contribution in [-0.4, -0.2) is 22.8 Å². The van der Waals surface area contributed by atoms with Crippen LogP contribution in [0.15, 0.2) is 60.7 Å². The van der Waals surface area contributed by atoms with Gasteiger partial charge in [-0.25, -0.2) is 4.79 Å². The first kappa shape index (κ1) is 15.9. The molecule has 0 aliphatic rings. The van der Waals surface area contributed by atoms with E-state index in [1.54, 1.807) is 37.3 Å². The van der Waals surface area contributed by atoms with Crippen molar-refractivity contribution in [3.63, 3.8) is 0 Å². The minimum absolute atomic E-state index is 0.223. The predicted molar refractivity (Wildman–Crippen MR) is 92.1 cm³/mol. The fourth-order valence-electron chi connectivity index (χ4n) is 2.59. The van der Waals surface area contributed by atoms with E-state index >= 15 is 0 Å². The van der Waals surface area contributed by atoms with E-state index in [0.717, 1.165) is 11.2 Å². The van der Waals surface area contributed by atoms with Crippen molar-refractivity contribution in [2.45, 2.75) is 20.0 Å². The maximum absolute atomic E-state index is 12.6. The van der Waals surface area contributed by atoms with Crippen LogP contribution in [0, 0.1) is 6.92 Å². The molecule has 120 valence electrons. The zero-order valence-corrected chi connectivity index (χ0v) is 13.5. The van der Waals surface area contributed by atoms with E-state index in [1.807, 2.05) is 37.3 Å². The molecule has 1 atom stereocenters. The van der Waals surface area contributed by atoms with Crippen LogP contribution in [-0.2, 0) is 4.74 Å². The summed E-state index contributed by atoms with van der Waals surface area (Å²) in [6.07, 6.45) is -0.855. The van der Waals surface area contributed by atoms with Crippen LogP contribution in [0.4, 0.5) is 0 Å². The van der Waals surface area contributed by atoms with E-state index in [9.17, 15) is 9.59 Å². The molecule has 4 nitrogen and oxygen atoms in total.